The lowest BCUT2D eigenvalue weighted by molar-refractivity contribution is 0.266. The summed E-state index contributed by atoms with van der Waals surface area (Å²) in [6.45, 7) is 0.805. The summed E-state index contributed by atoms with van der Waals surface area (Å²) in [5.41, 5.74) is 6.38. The van der Waals surface area contributed by atoms with Gasteiger partial charge < -0.3 is 15.7 Å². The highest BCUT2D eigenvalue weighted by atomic mass is 16.3. The number of nitrogens with zero attached hydrogens (tertiary/aromatic N) is 5. The summed E-state index contributed by atoms with van der Waals surface area (Å²) in [5.74, 6) is 1.37. The van der Waals surface area contributed by atoms with Crippen molar-refractivity contribution in [2.75, 3.05) is 23.8 Å². The van der Waals surface area contributed by atoms with Crippen LogP contribution in [0.2, 0.25) is 0 Å². The molecule has 3 rings (SSSR count). The van der Waals surface area contributed by atoms with Crippen molar-refractivity contribution >= 4 is 11.6 Å². The van der Waals surface area contributed by atoms with E-state index < -0.39 is 0 Å². The summed E-state index contributed by atoms with van der Waals surface area (Å²) in [5, 5.41) is 23.3. The van der Waals surface area contributed by atoms with Gasteiger partial charge in [-0.2, -0.15) is 9.94 Å². The van der Waals surface area contributed by atoms with E-state index in [9.17, 15) is 10.4 Å². The van der Waals surface area contributed by atoms with E-state index in [1.807, 2.05) is 11.0 Å². The molecule has 7 nitrogen and oxygen atoms in total. The molecule has 2 aromatic rings. The molecule has 0 aliphatic carbocycles. The lowest BCUT2D eigenvalue weighted by Crippen LogP contribution is -2.33. The molecule has 1 unspecified atom stereocenters. The molecule has 0 spiro atoms. The second-order valence-corrected chi connectivity index (χ2v) is 4.97. The maximum absolute atomic E-state index is 9.45. The molecular formula is C14H16N6O. The molecule has 1 saturated heterocycles. The minimum absolute atomic E-state index is 0.0106. The predicted molar refractivity (Wildman–Crippen MR) is 77.9 cm³/mol. The average Bonchev–Trinajstić information content (AvgIpc) is 3.11. The third kappa shape index (κ3) is 2.19. The number of aliphatic hydroxyl groups is 1. The highest BCUT2D eigenvalue weighted by Gasteiger charge is 2.30. The van der Waals surface area contributed by atoms with E-state index >= 15 is 0 Å². The fourth-order valence-electron chi connectivity index (χ4n) is 2.69. The van der Waals surface area contributed by atoms with E-state index in [4.69, 9.17) is 5.73 Å². The Labute approximate surface area is 122 Å². The smallest absolute Gasteiger partial charge is 0.171 e. The van der Waals surface area contributed by atoms with Crippen LogP contribution in [-0.4, -0.2) is 39.1 Å². The van der Waals surface area contributed by atoms with Gasteiger partial charge in [0.25, 0.3) is 0 Å². The summed E-state index contributed by atoms with van der Waals surface area (Å²) in [7, 11) is 0. The molecule has 1 fully saturated rings. The van der Waals surface area contributed by atoms with Crippen molar-refractivity contribution in [2.45, 2.75) is 18.9 Å². The van der Waals surface area contributed by atoms with E-state index in [1.54, 1.807) is 18.3 Å². The number of hydrogen-bond donors (Lipinski definition) is 2. The van der Waals surface area contributed by atoms with E-state index in [2.05, 4.69) is 16.2 Å². The SMILES string of the molecule is N#Cc1c(N2CCCC2CO)nn(-c2ccccn2)c1N. The van der Waals surface area contributed by atoms with Crippen LogP contribution in [0.4, 0.5) is 11.6 Å². The van der Waals surface area contributed by atoms with E-state index in [0.29, 0.717) is 17.2 Å². The number of nitriles is 1. The molecule has 0 bridgehead atoms. The van der Waals surface area contributed by atoms with Gasteiger partial charge in [-0.05, 0) is 25.0 Å². The van der Waals surface area contributed by atoms with Crippen LogP contribution in [0.1, 0.15) is 18.4 Å². The van der Waals surface area contributed by atoms with Gasteiger partial charge in [0, 0.05) is 12.7 Å². The Kier molecular flexibility index (Phi) is 3.46. The van der Waals surface area contributed by atoms with E-state index in [1.165, 1.54) is 4.68 Å². The molecular weight excluding hydrogens is 268 g/mol. The van der Waals surface area contributed by atoms with Crippen LogP contribution >= 0.6 is 0 Å². The summed E-state index contributed by atoms with van der Waals surface area (Å²) in [6, 6.07) is 7.52. The first-order chi connectivity index (χ1) is 10.3. The molecule has 3 heterocycles. The van der Waals surface area contributed by atoms with Gasteiger partial charge in [0.2, 0.25) is 0 Å². The van der Waals surface area contributed by atoms with Gasteiger partial charge >= 0.3 is 0 Å². The minimum atomic E-state index is -0.0106. The maximum Gasteiger partial charge on any atom is 0.171 e. The zero-order valence-corrected chi connectivity index (χ0v) is 11.5. The van der Waals surface area contributed by atoms with Gasteiger partial charge in [-0.1, -0.05) is 6.07 Å². The highest BCUT2D eigenvalue weighted by molar-refractivity contribution is 5.67. The number of nitrogen functional groups attached to an aromatic ring is 1. The van der Waals surface area contributed by atoms with Gasteiger partial charge in [0.05, 0.1) is 12.6 Å². The molecule has 0 radical (unpaired) electrons. The first-order valence-corrected chi connectivity index (χ1v) is 6.83. The summed E-state index contributed by atoms with van der Waals surface area (Å²) in [6.07, 6.45) is 3.50. The first-order valence-electron chi connectivity index (χ1n) is 6.83. The number of nitrogens with two attached hydrogens (primary N) is 1. The highest BCUT2D eigenvalue weighted by Crippen LogP contribution is 2.31. The predicted octanol–water partition coefficient (Wildman–Crippen LogP) is 0.682. The fraction of sp³-hybridized carbons (Fsp3) is 0.357. The number of pyridine rings is 1. The molecule has 1 atom stereocenters. The number of aromatic nitrogens is 3. The van der Waals surface area contributed by atoms with E-state index in [-0.39, 0.29) is 18.5 Å². The van der Waals surface area contributed by atoms with Crippen LogP contribution < -0.4 is 10.6 Å². The zero-order chi connectivity index (χ0) is 14.8. The van der Waals surface area contributed by atoms with Crippen molar-refractivity contribution in [1.82, 2.24) is 14.8 Å². The number of aliphatic hydroxyl groups excluding tert-OH is 1. The summed E-state index contributed by atoms with van der Waals surface area (Å²) < 4.78 is 1.47. The monoisotopic (exact) mass is 284 g/mol. The number of hydrogen-bond acceptors (Lipinski definition) is 6. The quantitative estimate of drug-likeness (QED) is 0.859. The summed E-state index contributed by atoms with van der Waals surface area (Å²) >= 11 is 0. The Hall–Kier alpha value is -2.59. The number of anilines is 2. The fourth-order valence-corrected chi connectivity index (χ4v) is 2.69. The molecule has 0 amide bonds. The Bertz CT molecular complexity index is 675. The van der Waals surface area contributed by atoms with Gasteiger partial charge in [-0.3, -0.25) is 0 Å². The van der Waals surface area contributed by atoms with Crippen LogP contribution in [0, 0.1) is 11.3 Å². The lowest BCUT2D eigenvalue weighted by atomic mass is 10.2. The third-order valence-corrected chi connectivity index (χ3v) is 3.74. The molecule has 1 aliphatic rings. The zero-order valence-electron chi connectivity index (χ0n) is 11.5. The van der Waals surface area contributed by atoms with Crippen LogP contribution in [0.3, 0.4) is 0 Å². The van der Waals surface area contributed by atoms with Crippen molar-refractivity contribution in [2.24, 2.45) is 0 Å². The lowest BCUT2D eigenvalue weighted by Gasteiger charge is -2.22. The Morgan fingerprint density at radius 2 is 2.33 bits per heavy atom. The second kappa shape index (κ2) is 5.42. The molecule has 2 aromatic heterocycles. The minimum Gasteiger partial charge on any atom is -0.394 e. The van der Waals surface area contributed by atoms with Gasteiger partial charge in [0.15, 0.2) is 11.6 Å². The Morgan fingerprint density at radius 1 is 1.48 bits per heavy atom. The Morgan fingerprint density at radius 3 is 3.00 bits per heavy atom. The summed E-state index contributed by atoms with van der Waals surface area (Å²) in [4.78, 5) is 6.16. The molecule has 7 heteroatoms. The van der Waals surface area contributed by atoms with E-state index in [0.717, 1.165) is 19.4 Å². The largest absolute Gasteiger partial charge is 0.394 e. The first kappa shape index (κ1) is 13.4. The second-order valence-electron chi connectivity index (χ2n) is 4.97. The van der Waals surface area contributed by atoms with Gasteiger partial charge in [-0.25, -0.2) is 4.98 Å². The Balaban J connectivity index is 2.08. The standard InChI is InChI=1S/C14H16N6O/c15-8-11-13(16)20(12-5-1-2-6-17-12)18-14(11)19-7-3-4-10(19)9-21/h1-2,5-6,10,21H,3-4,7,9,16H2. The number of rotatable bonds is 3. The topological polar surface area (TPSA) is 104 Å². The molecule has 0 saturated carbocycles. The molecule has 21 heavy (non-hydrogen) atoms. The van der Waals surface area contributed by atoms with Crippen LogP contribution in [0.5, 0.6) is 0 Å². The van der Waals surface area contributed by atoms with Crippen molar-refractivity contribution in [1.29, 1.82) is 5.26 Å². The molecule has 108 valence electrons. The van der Waals surface area contributed by atoms with Crippen LogP contribution in [0.15, 0.2) is 24.4 Å². The van der Waals surface area contributed by atoms with Crippen molar-refractivity contribution in [3.63, 3.8) is 0 Å². The molecule has 1 aliphatic heterocycles. The van der Waals surface area contributed by atoms with Crippen LogP contribution in [0.25, 0.3) is 5.82 Å². The molecule has 0 aromatic carbocycles. The average molecular weight is 284 g/mol. The van der Waals surface area contributed by atoms with Gasteiger partial charge in [-0.15, -0.1) is 5.10 Å². The molecule has 3 N–H and O–H groups in total. The van der Waals surface area contributed by atoms with Crippen LogP contribution in [-0.2, 0) is 0 Å². The third-order valence-electron chi connectivity index (χ3n) is 3.74. The normalized spacial score (nSPS) is 17.9. The van der Waals surface area contributed by atoms with Gasteiger partial charge in [0.1, 0.15) is 17.5 Å². The van der Waals surface area contributed by atoms with Crippen molar-refractivity contribution in [3.05, 3.63) is 30.0 Å². The maximum atomic E-state index is 9.45. The van der Waals surface area contributed by atoms with Crippen molar-refractivity contribution in [3.8, 4) is 11.9 Å². The van der Waals surface area contributed by atoms with Crippen molar-refractivity contribution < 1.29 is 5.11 Å².